The molecule has 4 aromatic carbocycles. The van der Waals surface area contributed by atoms with Gasteiger partial charge in [0.1, 0.15) is 33.4 Å². The van der Waals surface area contributed by atoms with Crippen LogP contribution in [0.2, 0.25) is 0 Å². The van der Waals surface area contributed by atoms with E-state index in [1.807, 2.05) is 19.1 Å². The Morgan fingerprint density at radius 2 is 1.57 bits per heavy atom. The van der Waals surface area contributed by atoms with E-state index in [1.54, 1.807) is 19.1 Å². The normalized spacial score (nSPS) is 12.2. The number of hydrogen-bond acceptors (Lipinski definition) is 11. The smallest absolute Gasteiger partial charge is 0.296 e. The van der Waals surface area contributed by atoms with E-state index in [2.05, 4.69) is 25.4 Å². The first-order valence-electron chi connectivity index (χ1n) is 11.7. The highest BCUT2D eigenvalue weighted by molar-refractivity contribution is 7.86. The summed E-state index contributed by atoms with van der Waals surface area (Å²) >= 11 is 0. The molecule has 4 N–H and O–H groups in total. The van der Waals surface area contributed by atoms with E-state index in [4.69, 9.17) is 15.2 Å². The number of azo groups is 2. The van der Waals surface area contributed by atoms with E-state index in [-0.39, 0.29) is 39.9 Å². The van der Waals surface area contributed by atoms with Crippen LogP contribution < -0.4 is 10.5 Å². The molecule has 13 heteroatoms. The largest absolute Gasteiger partial charge is 0.505 e. The van der Waals surface area contributed by atoms with E-state index in [0.717, 1.165) is 17.4 Å². The molecule has 0 amide bonds. The molecule has 0 atom stereocenters. The molecule has 0 aliphatic rings. The van der Waals surface area contributed by atoms with Gasteiger partial charge >= 0.3 is 0 Å². The maximum absolute atomic E-state index is 11.7. The lowest BCUT2D eigenvalue weighted by Crippen LogP contribution is -1.97. The molecule has 0 heterocycles. The van der Waals surface area contributed by atoms with Gasteiger partial charge in [0.15, 0.2) is 12.2 Å². The Kier molecular flexibility index (Phi) is 8.07. The minimum atomic E-state index is -4.52. The number of methoxy groups -OCH3 is 2. The Balaban J connectivity index is 1.81. The highest BCUT2D eigenvalue weighted by Crippen LogP contribution is 2.44. The molecule has 0 aromatic heterocycles. The summed E-state index contributed by atoms with van der Waals surface area (Å²) in [6.45, 7) is 3.72. The lowest BCUT2D eigenvalue weighted by molar-refractivity contribution is 0.416. The maximum atomic E-state index is 11.7. The van der Waals surface area contributed by atoms with E-state index in [9.17, 15) is 18.1 Å². The number of ether oxygens (including phenoxy) is 2. The highest BCUT2D eigenvalue weighted by atomic mass is 32.2. The third kappa shape index (κ3) is 5.90. The number of rotatable bonds is 8. The van der Waals surface area contributed by atoms with E-state index >= 15 is 0 Å². The minimum Gasteiger partial charge on any atom is -0.505 e. The van der Waals surface area contributed by atoms with Crippen LogP contribution in [-0.2, 0) is 14.9 Å². The van der Waals surface area contributed by atoms with Crippen LogP contribution in [0, 0.1) is 13.8 Å². The van der Waals surface area contributed by atoms with E-state index in [1.165, 1.54) is 44.6 Å². The number of aryl methyl sites for hydroxylation is 2. The number of aromatic hydroxyl groups is 1. The molecule has 0 spiro atoms. The fourth-order valence-corrected chi connectivity index (χ4v) is 4.64. The second-order valence-corrected chi connectivity index (χ2v) is 10.1. The summed E-state index contributed by atoms with van der Waals surface area (Å²) in [5, 5.41) is 28.9. The fourth-order valence-electron chi connectivity index (χ4n) is 4.01. The van der Waals surface area contributed by atoms with Crippen molar-refractivity contribution in [2.75, 3.05) is 20.0 Å². The van der Waals surface area contributed by atoms with Crippen molar-refractivity contribution in [2.24, 2.45) is 25.4 Å². The molecule has 4 rings (SSSR count). The minimum absolute atomic E-state index is 0.0777. The lowest BCUT2D eigenvalue weighted by Gasteiger charge is -2.11. The van der Waals surface area contributed by atoms with Gasteiger partial charge in [0.2, 0.25) is 0 Å². The van der Waals surface area contributed by atoms with E-state index < -0.39 is 15.0 Å². The average molecular weight is 563 g/mol. The molecule has 12 nitrogen and oxygen atoms in total. The summed E-state index contributed by atoms with van der Waals surface area (Å²) < 4.78 is 43.3. The number of nitrogen functional groups attached to an aromatic ring is 1. The Hall–Kier alpha value is -4.88. The third-order valence-electron chi connectivity index (χ3n) is 5.79. The van der Waals surface area contributed by atoms with Crippen LogP contribution in [0.15, 0.2) is 84.9 Å². The molecular weight excluding hydrogens is 536 g/mol. The summed E-state index contributed by atoms with van der Waals surface area (Å²) in [6.07, 6.45) is 1.16. The number of aliphatic imine (C=N–C) groups is 1. The summed E-state index contributed by atoms with van der Waals surface area (Å²) in [5.74, 6) is 0.140. The molecule has 0 unspecified atom stereocenters. The molecule has 0 fully saturated rings. The Morgan fingerprint density at radius 3 is 2.27 bits per heavy atom. The van der Waals surface area contributed by atoms with Crippen molar-refractivity contribution in [3.63, 3.8) is 0 Å². The quantitative estimate of drug-likeness (QED) is 0.0670. The average Bonchev–Trinajstić information content (AvgIpc) is 2.89. The van der Waals surface area contributed by atoms with Crippen molar-refractivity contribution >= 4 is 61.4 Å². The molecule has 0 saturated carbocycles. The number of phenols is 1. The van der Waals surface area contributed by atoms with Crippen LogP contribution in [0.3, 0.4) is 0 Å². The number of nitrogens with zero attached hydrogens (tertiary/aromatic N) is 5. The van der Waals surface area contributed by atoms with Gasteiger partial charge in [0, 0.05) is 17.1 Å². The number of phenolic OH excluding ortho intramolecular Hbond substituents is 1. The van der Waals surface area contributed by atoms with Crippen molar-refractivity contribution in [1.29, 1.82) is 0 Å². The monoisotopic (exact) mass is 562 g/mol. The van der Waals surface area contributed by atoms with Crippen LogP contribution in [-0.4, -0.2) is 38.7 Å². The fraction of sp³-hybridized carbons (Fsp3) is 0.148. The standard InChI is InChI=1S/C27H26N6O6S/c1-15-9-17-11-16(2)26(27(34)25(17)18(28)10-15)33-32-22-12-20(29-14-38-3)21(13-23(22)39-4)31-30-19-7-5-6-8-24(19)40(35,36)37/h5-14,34H,28H2,1-4H3,(H,35,36,37). The maximum Gasteiger partial charge on any atom is 0.296 e. The van der Waals surface area contributed by atoms with Gasteiger partial charge in [0.25, 0.3) is 10.1 Å². The lowest BCUT2D eigenvalue weighted by atomic mass is 10.0. The second kappa shape index (κ2) is 11.5. The van der Waals surface area contributed by atoms with Crippen LogP contribution in [0.5, 0.6) is 11.5 Å². The number of fused-ring (bicyclic) bond motifs is 1. The topological polar surface area (TPSA) is 181 Å². The highest BCUT2D eigenvalue weighted by Gasteiger charge is 2.17. The molecule has 0 aliphatic heterocycles. The molecule has 0 aliphatic carbocycles. The van der Waals surface area contributed by atoms with Gasteiger partial charge in [-0.2, -0.15) is 8.42 Å². The first-order chi connectivity index (χ1) is 19.0. The molecule has 40 heavy (non-hydrogen) atoms. The molecule has 0 radical (unpaired) electrons. The molecule has 0 saturated heterocycles. The number of nitrogens with two attached hydrogens (primary N) is 1. The van der Waals surface area contributed by atoms with Gasteiger partial charge in [-0.3, -0.25) is 4.55 Å². The zero-order chi connectivity index (χ0) is 29.0. The Labute approximate surface area is 230 Å². The van der Waals surface area contributed by atoms with E-state index in [0.29, 0.717) is 16.6 Å². The Morgan fingerprint density at radius 1 is 0.875 bits per heavy atom. The summed E-state index contributed by atoms with van der Waals surface area (Å²) in [7, 11) is -1.69. The number of hydrogen-bond donors (Lipinski definition) is 3. The van der Waals surface area contributed by atoms with Crippen LogP contribution in [0.25, 0.3) is 10.8 Å². The van der Waals surface area contributed by atoms with Crippen molar-refractivity contribution < 1.29 is 27.6 Å². The summed E-state index contributed by atoms with van der Waals surface area (Å²) in [5.41, 5.74) is 9.06. The predicted octanol–water partition coefficient (Wildman–Crippen LogP) is 7.14. The first-order valence-corrected chi connectivity index (χ1v) is 13.2. The Bertz CT molecular complexity index is 1800. The predicted molar refractivity (Wildman–Crippen MR) is 152 cm³/mol. The third-order valence-corrected chi connectivity index (χ3v) is 6.69. The van der Waals surface area contributed by atoms with Crippen molar-refractivity contribution in [3.8, 4) is 11.5 Å². The van der Waals surface area contributed by atoms with Gasteiger partial charge in [-0.1, -0.05) is 18.2 Å². The van der Waals surface area contributed by atoms with Crippen molar-refractivity contribution in [2.45, 2.75) is 18.7 Å². The van der Waals surface area contributed by atoms with Crippen LogP contribution in [0.4, 0.5) is 34.1 Å². The molecule has 206 valence electrons. The molecule has 4 aromatic rings. The van der Waals surface area contributed by atoms with Gasteiger partial charge in [-0.15, -0.1) is 20.5 Å². The van der Waals surface area contributed by atoms with Crippen molar-refractivity contribution in [3.05, 3.63) is 65.7 Å². The van der Waals surface area contributed by atoms with Gasteiger partial charge in [0.05, 0.1) is 19.9 Å². The SMILES string of the molecule is COC=Nc1cc(N=Nc2c(C)cc3cc(C)cc(N)c3c2O)c(OC)cc1N=Nc1ccccc1S(=O)(=O)O. The van der Waals surface area contributed by atoms with Gasteiger partial charge in [-0.05, 0) is 60.7 Å². The zero-order valence-corrected chi connectivity index (χ0v) is 22.8. The summed E-state index contributed by atoms with van der Waals surface area (Å²) in [6, 6.07) is 14.1. The van der Waals surface area contributed by atoms with Crippen LogP contribution in [0.1, 0.15) is 11.1 Å². The molecular formula is C27H26N6O6S. The van der Waals surface area contributed by atoms with Gasteiger partial charge in [-0.25, -0.2) is 4.99 Å². The van der Waals surface area contributed by atoms with Crippen molar-refractivity contribution in [1.82, 2.24) is 0 Å². The van der Waals surface area contributed by atoms with Crippen LogP contribution >= 0.6 is 0 Å². The molecule has 0 bridgehead atoms. The summed E-state index contributed by atoms with van der Waals surface area (Å²) in [4.78, 5) is 3.80. The zero-order valence-electron chi connectivity index (χ0n) is 22.0. The second-order valence-electron chi connectivity index (χ2n) is 8.67. The number of benzene rings is 4. The first kappa shape index (κ1) is 28.1. The van der Waals surface area contributed by atoms with Gasteiger partial charge < -0.3 is 20.3 Å². The number of anilines is 1.